The van der Waals surface area contributed by atoms with E-state index in [1.165, 1.54) is 6.42 Å². The molecule has 0 bridgehead atoms. The first-order valence-electron chi connectivity index (χ1n) is 10.7. The Bertz CT molecular complexity index is 811. The lowest BCUT2D eigenvalue weighted by Crippen LogP contribution is -2.44. The Labute approximate surface area is 168 Å². The second-order valence-electron chi connectivity index (χ2n) is 7.98. The third kappa shape index (κ3) is 5.12. The van der Waals surface area contributed by atoms with E-state index in [9.17, 15) is 9.59 Å². The van der Waals surface area contributed by atoms with Crippen LogP contribution in [0.1, 0.15) is 58.8 Å². The molecule has 2 aromatic carbocycles. The summed E-state index contributed by atoms with van der Waals surface area (Å²) in [4.78, 5) is 27.5. The van der Waals surface area contributed by atoms with Crippen LogP contribution in [-0.2, 0) is 9.59 Å². The SMILES string of the molecule is CCC(C)N(CCC(=O)Nc1ccc2ccccc2c1)C(=O)C1CCCCC1. The first kappa shape index (κ1) is 20.4. The number of rotatable bonds is 7. The first-order valence-corrected chi connectivity index (χ1v) is 10.7. The van der Waals surface area contributed by atoms with Crippen molar-refractivity contribution in [1.82, 2.24) is 4.90 Å². The molecule has 2 amide bonds. The van der Waals surface area contributed by atoms with Crippen molar-refractivity contribution >= 4 is 28.3 Å². The Morgan fingerprint density at radius 3 is 2.50 bits per heavy atom. The van der Waals surface area contributed by atoms with Crippen LogP contribution in [0.15, 0.2) is 42.5 Å². The highest BCUT2D eigenvalue weighted by Gasteiger charge is 2.28. The first-order chi connectivity index (χ1) is 13.6. The molecule has 1 aliphatic carbocycles. The monoisotopic (exact) mass is 380 g/mol. The Balaban J connectivity index is 1.59. The molecule has 1 fully saturated rings. The molecule has 4 nitrogen and oxygen atoms in total. The van der Waals surface area contributed by atoms with Gasteiger partial charge in [-0.3, -0.25) is 9.59 Å². The number of anilines is 1. The molecular formula is C24H32N2O2. The van der Waals surface area contributed by atoms with E-state index in [1.807, 2.05) is 41.3 Å². The molecule has 1 atom stereocenters. The van der Waals surface area contributed by atoms with Gasteiger partial charge in [-0.2, -0.15) is 0 Å². The summed E-state index contributed by atoms with van der Waals surface area (Å²) in [5, 5.41) is 5.25. The largest absolute Gasteiger partial charge is 0.339 e. The molecule has 1 aliphatic rings. The van der Waals surface area contributed by atoms with Crippen molar-refractivity contribution in [1.29, 1.82) is 0 Å². The fourth-order valence-corrected chi connectivity index (χ4v) is 4.06. The molecule has 0 aliphatic heterocycles. The number of nitrogens with one attached hydrogen (secondary N) is 1. The average Bonchev–Trinajstić information content (AvgIpc) is 2.74. The fraction of sp³-hybridized carbons (Fsp3) is 0.500. The number of benzene rings is 2. The Morgan fingerprint density at radius 2 is 1.79 bits per heavy atom. The molecule has 1 saturated carbocycles. The van der Waals surface area contributed by atoms with E-state index in [0.29, 0.717) is 13.0 Å². The highest BCUT2D eigenvalue weighted by molar-refractivity contribution is 5.94. The van der Waals surface area contributed by atoms with Crippen LogP contribution >= 0.6 is 0 Å². The zero-order chi connectivity index (χ0) is 19.9. The molecular weight excluding hydrogens is 348 g/mol. The zero-order valence-corrected chi connectivity index (χ0v) is 17.1. The number of carbonyl (C=O) groups excluding carboxylic acids is 2. The number of hydrogen-bond acceptors (Lipinski definition) is 2. The van der Waals surface area contributed by atoms with Gasteiger partial charge < -0.3 is 10.2 Å². The van der Waals surface area contributed by atoms with Crippen LogP contribution in [0, 0.1) is 5.92 Å². The minimum atomic E-state index is -0.0416. The van der Waals surface area contributed by atoms with Crippen molar-refractivity contribution in [2.75, 3.05) is 11.9 Å². The van der Waals surface area contributed by atoms with Gasteiger partial charge >= 0.3 is 0 Å². The van der Waals surface area contributed by atoms with Gasteiger partial charge in [-0.25, -0.2) is 0 Å². The van der Waals surface area contributed by atoms with E-state index in [-0.39, 0.29) is 23.8 Å². The highest BCUT2D eigenvalue weighted by Crippen LogP contribution is 2.26. The van der Waals surface area contributed by atoms with Crippen LogP contribution in [0.5, 0.6) is 0 Å². The predicted molar refractivity (Wildman–Crippen MR) is 115 cm³/mol. The van der Waals surface area contributed by atoms with Crippen LogP contribution in [-0.4, -0.2) is 29.3 Å². The molecule has 0 spiro atoms. The predicted octanol–water partition coefficient (Wildman–Crippen LogP) is 5.38. The molecule has 0 saturated heterocycles. The topological polar surface area (TPSA) is 49.4 Å². The van der Waals surface area contributed by atoms with E-state index >= 15 is 0 Å². The van der Waals surface area contributed by atoms with Gasteiger partial charge in [0.05, 0.1) is 0 Å². The van der Waals surface area contributed by atoms with E-state index in [0.717, 1.165) is 48.6 Å². The summed E-state index contributed by atoms with van der Waals surface area (Å²) in [6.45, 7) is 4.67. The summed E-state index contributed by atoms with van der Waals surface area (Å²) in [6.07, 6.45) is 6.76. The van der Waals surface area contributed by atoms with Crippen LogP contribution in [0.3, 0.4) is 0 Å². The maximum atomic E-state index is 13.0. The second kappa shape index (κ2) is 9.72. The average molecular weight is 381 g/mol. The summed E-state index contributed by atoms with van der Waals surface area (Å²) in [5.41, 5.74) is 0.803. The summed E-state index contributed by atoms with van der Waals surface area (Å²) in [7, 11) is 0. The number of carbonyl (C=O) groups is 2. The van der Waals surface area contributed by atoms with Gasteiger partial charge in [0.25, 0.3) is 0 Å². The lowest BCUT2D eigenvalue weighted by Gasteiger charge is -2.33. The molecule has 150 valence electrons. The van der Waals surface area contributed by atoms with Gasteiger partial charge in [-0.05, 0) is 49.1 Å². The quantitative estimate of drug-likeness (QED) is 0.701. The van der Waals surface area contributed by atoms with E-state index in [2.05, 4.69) is 25.2 Å². The molecule has 4 heteroatoms. The lowest BCUT2D eigenvalue weighted by atomic mass is 9.88. The maximum absolute atomic E-state index is 13.0. The van der Waals surface area contributed by atoms with Gasteiger partial charge in [-0.1, -0.05) is 56.5 Å². The van der Waals surface area contributed by atoms with E-state index < -0.39 is 0 Å². The van der Waals surface area contributed by atoms with Gasteiger partial charge in [0.1, 0.15) is 0 Å². The smallest absolute Gasteiger partial charge is 0.226 e. The van der Waals surface area contributed by atoms with Gasteiger partial charge in [-0.15, -0.1) is 0 Å². The van der Waals surface area contributed by atoms with Crippen molar-refractivity contribution in [2.45, 2.75) is 64.8 Å². The summed E-state index contributed by atoms with van der Waals surface area (Å²) >= 11 is 0. The van der Waals surface area contributed by atoms with Crippen LogP contribution < -0.4 is 5.32 Å². The molecule has 0 aromatic heterocycles. The van der Waals surface area contributed by atoms with Crippen molar-refractivity contribution in [3.05, 3.63) is 42.5 Å². The molecule has 28 heavy (non-hydrogen) atoms. The lowest BCUT2D eigenvalue weighted by molar-refractivity contribution is -0.139. The van der Waals surface area contributed by atoms with Crippen LogP contribution in [0.4, 0.5) is 5.69 Å². The Hall–Kier alpha value is -2.36. The number of nitrogens with zero attached hydrogens (tertiary/aromatic N) is 1. The Kier molecular flexibility index (Phi) is 7.07. The molecule has 1 unspecified atom stereocenters. The molecule has 0 heterocycles. The minimum Gasteiger partial charge on any atom is -0.339 e. The number of fused-ring (bicyclic) bond motifs is 1. The molecule has 2 aromatic rings. The van der Waals surface area contributed by atoms with Gasteiger partial charge in [0.2, 0.25) is 11.8 Å². The molecule has 3 rings (SSSR count). The zero-order valence-electron chi connectivity index (χ0n) is 17.1. The normalized spacial score (nSPS) is 15.9. The van der Waals surface area contributed by atoms with Crippen LogP contribution in [0.25, 0.3) is 10.8 Å². The van der Waals surface area contributed by atoms with Gasteiger partial charge in [0.15, 0.2) is 0 Å². The van der Waals surface area contributed by atoms with Crippen molar-refractivity contribution in [3.8, 4) is 0 Å². The molecule has 0 radical (unpaired) electrons. The van der Waals surface area contributed by atoms with Crippen molar-refractivity contribution in [3.63, 3.8) is 0 Å². The molecule has 1 N–H and O–H groups in total. The summed E-state index contributed by atoms with van der Waals surface area (Å²) < 4.78 is 0. The summed E-state index contributed by atoms with van der Waals surface area (Å²) in [6, 6.07) is 14.2. The number of amides is 2. The van der Waals surface area contributed by atoms with Crippen LogP contribution in [0.2, 0.25) is 0 Å². The minimum absolute atomic E-state index is 0.0416. The Morgan fingerprint density at radius 1 is 1.07 bits per heavy atom. The third-order valence-electron chi connectivity index (χ3n) is 5.97. The highest BCUT2D eigenvalue weighted by atomic mass is 16.2. The van der Waals surface area contributed by atoms with E-state index in [4.69, 9.17) is 0 Å². The van der Waals surface area contributed by atoms with Crippen molar-refractivity contribution < 1.29 is 9.59 Å². The maximum Gasteiger partial charge on any atom is 0.226 e. The fourth-order valence-electron chi connectivity index (χ4n) is 4.06. The second-order valence-corrected chi connectivity index (χ2v) is 7.98. The number of hydrogen-bond donors (Lipinski definition) is 1. The van der Waals surface area contributed by atoms with Gasteiger partial charge in [0, 0.05) is 30.6 Å². The standard InChI is InChI=1S/C24H32N2O2/c1-3-18(2)26(24(28)20-10-5-4-6-11-20)16-15-23(27)25-22-14-13-19-9-7-8-12-21(19)17-22/h7-9,12-14,17-18,20H,3-6,10-11,15-16H2,1-2H3,(H,25,27). The third-order valence-corrected chi connectivity index (χ3v) is 5.97. The van der Waals surface area contributed by atoms with Crippen molar-refractivity contribution in [2.24, 2.45) is 5.92 Å². The summed E-state index contributed by atoms with van der Waals surface area (Å²) in [5.74, 6) is 0.346. The van der Waals surface area contributed by atoms with E-state index in [1.54, 1.807) is 0 Å².